The number of fused-ring (bicyclic) bond motifs is 1. The van der Waals surface area contributed by atoms with Crippen molar-refractivity contribution in [1.82, 2.24) is 14.1 Å². The Kier molecular flexibility index (Phi) is 6.49. The molecule has 1 saturated heterocycles. The smallest absolute Gasteiger partial charge is 0.326 e. The van der Waals surface area contributed by atoms with Crippen molar-refractivity contribution in [2.24, 2.45) is 0 Å². The molecule has 0 aliphatic carbocycles. The second kappa shape index (κ2) is 9.35. The zero-order chi connectivity index (χ0) is 24.5. The van der Waals surface area contributed by atoms with Gasteiger partial charge >= 0.3 is 5.97 Å². The molecule has 1 fully saturated rings. The van der Waals surface area contributed by atoms with Crippen LogP contribution in [-0.2, 0) is 19.6 Å². The first-order chi connectivity index (χ1) is 16.2. The van der Waals surface area contributed by atoms with Crippen LogP contribution in [0.25, 0.3) is 0 Å². The van der Waals surface area contributed by atoms with E-state index in [4.69, 9.17) is 0 Å². The average Bonchev–Trinajstić information content (AvgIpc) is 3.10. The van der Waals surface area contributed by atoms with Crippen molar-refractivity contribution in [3.8, 4) is 0 Å². The van der Waals surface area contributed by atoms with Crippen LogP contribution in [0.5, 0.6) is 0 Å². The lowest BCUT2D eigenvalue weighted by Crippen LogP contribution is -2.51. The number of amides is 3. The topological polar surface area (TPSA) is 132 Å². The number of carboxylic acids is 1. The van der Waals surface area contributed by atoms with Gasteiger partial charge in [0.25, 0.3) is 11.8 Å². The number of carbonyl (C=O) groups is 4. The Morgan fingerprint density at radius 2 is 1.38 bits per heavy atom. The summed E-state index contributed by atoms with van der Waals surface area (Å²) >= 11 is 0. The minimum atomic E-state index is -3.66. The number of aliphatic carboxylic acids is 1. The van der Waals surface area contributed by atoms with Gasteiger partial charge in [0.15, 0.2) is 0 Å². The van der Waals surface area contributed by atoms with E-state index >= 15 is 0 Å². The molecule has 2 aliphatic rings. The van der Waals surface area contributed by atoms with E-state index in [1.54, 1.807) is 30.3 Å². The van der Waals surface area contributed by atoms with Crippen molar-refractivity contribution in [2.45, 2.75) is 23.8 Å². The highest BCUT2D eigenvalue weighted by Gasteiger charge is 2.43. The predicted octanol–water partition coefficient (Wildman–Crippen LogP) is 1.05. The van der Waals surface area contributed by atoms with Crippen molar-refractivity contribution < 1.29 is 32.7 Å². The van der Waals surface area contributed by atoms with E-state index in [0.29, 0.717) is 4.90 Å². The molecule has 4 rings (SSSR count). The van der Waals surface area contributed by atoms with E-state index < -0.39 is 33.8 Å². The van der Waals surface area contributed by atoms with Crippen LogP contribution in [0.15, 0.2) is 59.5 Å². The summed E-state index contributed by atoms with van der Waals surface area (Å²) in [6.07, 6.45) is -0.433. The number of rotatable bonds is 7. The molecule has 3 amide bonds. The number of hydrogen-bond acceptors (Lipinski definition) is 6. The molecule has 1 N–H and O–H groups in total. The molecular formula is C23H23N3O7S. The molecule has 0 saturated carbocycles. The molecule has 1 atom stereocenters. The van der Waals surface area contributed by atoms with Crippen molar-refractivity contribution in [1.29, 1.82) is 0 Å². The standard InChI is InChI=1S/C23H23N3O7S/c27-20(24-12-14-25(15-13-24)34(32,33)16-6-2-1-3-7-16)11-10-19(23(30)31)26-21(28)17-8-4-5-9-18(17)22(26)29/h1-9,19H,10-15H2,(H,30,31)/t19-/m0/s1. The first kappa shape index (κ1) is 23.6. The first-order valence-electron chi connectivity index (χ1n) is 10.7. The number of imide groups is 1. The van der Waals surface area contributed by atoms with Gasteiger partial charge in [-0.3, -0.25) is 19.3 Å². The molecule has 2 heterocycles. The van der Waals surface area contributed by atoms with E-state index in [0.717, 1.165) is 0 Å². The van der Waals surface area contributed by atoms with Gasteiger partial charge in [-0.15, -0.1) is 0 Å². The summed E-state index contributed by atoms with van der Waals surface area (Å²) in [4.78, 5) is 52.2. The maximum Gasteiger partial charge on any atom is 0.326 e. The van der Waals surface area contributed by atoms with Crippen LogP contribution in [0.4, 0.5) is 0 Å². The lowest BCUT2D eigenvalue weighted by molar-refractivity contribution is -0.142. The minimum absolute atomic E-state index is 0.115. The Labute approximate surface area is 196 Å². The van der Waals surface area contributed by atoms with Crippen molar-refractivity contribution in [3.05, 3.63) is 65.7 Å². The van der Waals surface area contributed by atoms with Gasteiger partial charge in [-0.05, 0) is 30.7 Å². The van der Waals surface area contributed by atoms with E-state index in [1.807, 2.05) is 0 Å². The highest BCUT2D eigenvalue weighted by atomic mass is 32.2. The van der Waals surface area contributed by atoms with E-state index in [-0.39, 0.29) is 61.0 Å². The van der Waals surface area contributed by atoms with Crippen LogP contribution in [0.2, 0.25) is 0 Å². The highest BCUT2D eigenvalue weighted by Crippen LogP contribution is 2.26. The zero-order valence-corrected chi connectivity index (χ0v) is 19.0. The van der Waals surface area contributed by atoms with Gasteiger partial charge in [0.2, 0.25) is 15.9 Å². The van der Waals surface area contributed by atoms with Crippen LogP contribution >= 0.6 is 0 Å². The van der Waals surface area contributed by atoms with Gasteiger partial charge in [-0.25, -0.2) is 13.2 Å². The summed E-state index contributed by atoms with van der Waals surface area (Å²) < 4.78 is 26.8. The monoisotopic (exact) mass is 485 g/mol. The van der Waals surface area contributed by atoms with E-state index in [9.17, 15) is 32.7 Å². The first-order valence-corrected chi connectivity index (χ1v) is 12.2. The number of carboxylic acid groups (broad SMARTS) is 1. The summed E-state index contributed by atoms with van der Waals surface area (Å²) in [5.74, 6) is -3.12. The third-order valence-electron chi connectivity index (χ3n) is 6.03. The van der Waals surface area contributed by atoms with Gasteiger partial charge in [0.05, 0.1) is 16.0 Å². The number of hydrogen-bond donors (Lipinski definition) is 1. The Balaban J connectivity index is 1.37. The summed E-state index contributed by atoms with van der Waals surface area (Å²) in [5.41, 5.74) is 0.279. The molecule has 178 valence electrons. The Hall–Kier alpha value is -3.57. The van der Waals surface area contributed by atoms with Crippen LogP contribution in [0.1, 0.15) is 33.6 Å². The normalized spacial score (nSPS) is 17.5. The Morgan fingerprint density at radius 3 is 1.91 bits per heavy atom. The predicted molar refractivity (Wildman–Crippen MR) is 119 cm³/mol. The summed E-state index contributed by atoms with van der Waals surface area (Å²) in [5, 5.41) is 9.66. The number of piperazine rings is 1. The Bertz CT molecular complexity index is 1200. The lowest BCUT2D eigenvalue weighted by atomic mass is 10.1. The third kappa shape index (κ3) is 4.31. The maximum atomic E-state index is 12.7. The molecule has 0 bridgehead atoms. The molecule has 2 aromatic rings. The Morgan fingerprint density at radius 1 is 0.853 bits per heavy atom. The van der Waals surface area contributed by atoms with E-state index in [1.165, 1.54) is 33.5 Å². The van der Waals surface area contributed by atoms with Gasteiger partial charge in [-0.1, -0.05) is 30.3 Å². The molecule has 0 spiro atoms. The minimum Gasteiger partial charge on any atom is -0.480 e. The molecule has 0 radical (unpaired) electrons. The summed E-state index contributed by atoms with van der Waals surface area (Å²) in [7, 11) is -3.66. The maximum absolute atomic E-state index is 12.7. The van der Waals surface area contributed by atoms with Gasteiger partial charge in [0.1, 0.15) is 6.04 Å². The SMILES string of the molecule is O=C(O)[C@H](CCC(=O)N1CCN(S(=O)(=O)c2ccccc2)CC1)N1C(=O)c2ccccc2C1=O. The molecule has 34 heavy (non-hydrogen) atoms. The van der Waals surface area contributed by atoms with Gasteiger partial charge in [0, 0.05) is 32.6 Å². The second-order valence-electron chi connectivity index (χ2n) is 8.02. The van der Waals surface area contributed by atoms with Crippen molar-refractivity contribution in [2.75, 3.05) is 26.2 Å². The average molecular weight is 486 g/mol. The fourth-order valence-electron chi connectivity index (χ4n) is 4.19. The number of carbonyl (C=O) groups excluding carboxylic acids is 3. The highest BCUT2D eigenvalue weighted by molar-refractivity contribution is 7.89. The fraction of sp³-hybridized carbons (Fsp3) is 0.304. The lowest BCUT2D eigenvalue weighted by Gasteiger charge is -2.34. The molecular weight excluding hydrogens is 462 g/mol. The quantitative estimate of drug-likeness (QED) is 0.580. The summed E-state index contributed by atoms with van der Waals surface area (Å²) in [6.45, 7) is 0.554. The molecule has 10 nitrogen and oxygen atoms in total. The molecule has 2 aliphatic heterocycles. The second-order valence-corrected chi connectivity index (χ2v) is 9.95. The van der Waals surface area contributed by atoms with Crippen LogP contribution < -0.4 is 0 Å². The van der Waals surface area contributed by atoms with Crippen LogP contribution in [0.3, 0.4) is 0 Å². The van der Waals surface area contributed by atoms with Gasteiger partial charge in [-0.2, -0.15) is 4.31 Å². The largest absolute Gasteiger partial charge is 0.480 e. The number of nitrogens with zero attached hydrogens (tertiary/aromatic N) is 3. The molecule has 0 unspecified atom stereocenters. The van der Waals surface area contributed by atoms with E-state index in [2.05, 4.69) is 0 Å². The van der Waals surface area contributed by atoms with Crippen LogP contribution in [-0.4, -0.2) is 83.5 Å². The fourth-order valence-corrected chi connectivity index (χ4v) is 5.63. The molecule has 0 aromatic heterocycles. The van der Waals surface area contributed by atoms with Crippen LogP contribution in [0, 0.1) is 0 Å². The molecule has 2 aromatic carbocycles. The number of sulfonamides is 1. The van der Waals surface area contributed by atoms with Crippen molar-refractivity contribution in [3.63, 3.8) is 0 Å². The molecule has 11 heteroatoms. The van der Waals surface area contributed by atoms with Gasteiger partial charge < -0.3 is 10.0 Å². The zero-order valence-electron chi connectivity index (χ0n) is 18.2. The number of benzene rings is 2. The third-order valence-corrected chi connectivity index (χ3v) is 7.94. The summed E-state index contributed by atoms with van der Waals surface area (Å²) in [6, 6.07) is 12.6. The van der Waals surface area contributed by atoms with Crippen molar-refractivity contribution >= 4 is 33.7 Å².